The van der Waals surface area contributed by atoms with Crippen LogP contribution in [0.25, 0.3) is 11.0 Å². The van der Waals surface area contributed by atoms with Gasteiger partial charge in [0.15, 0.2) is 0 Å². The Bertz CT molecular complexity index is 735. The van der Waals surface area contributed by atoms with E-state index < -0.39 is 5.92 Å². The lowest BCUT2D eigenvalue weighted by Crippen LogP contribution is -2.24. The van der Waals surface area contributed by atoms with Crippen LogP contribution < -0.4 is 5.73 Å². The van der Waals surface area contributed by atoms with E-state index in [0.717, 1.165) is 16.6 Å². The van der Waals surface area contributed by atoms with E-state index in [1.165, 1.54) is 0 Å². The second-order valence-electron chi connectivity index (χ2n) is 5.02. The average Bonchev–Trinajstić information content (AvgIpc) is 2.98. The maximum Gasteiger partial charge on any atom is 0.318 e. The summed E-state index contributed by atoms with van der Waals surface area (Å²) >= 11 is 0. The number of nitrogens with zero attached hydrogens (tertiary/aromatic N) is 1. The Hall–Kier alpha value is -2.66. The van der Waals surface area contributed by atoms with Crippen molar-refractivity contribution in [1.29, 1.82) is 0 Å². The number of ether oxygens (including phenoxy) is 1. The summed E-state index contributed by atoms with van der Waals surface area (Å²) in [6.07, 6.45) is 0. The van der Waals surface area contributed by atoms with Gasteiger partial charge in [-0.3, -0.25) is 4.79 Å². The maximum atomic E-state index is 12.3. The molecule has 0 saturated carbocycles. The topological polar surface area (TPSA) is 81.0 Å². The first-order valence-electron chi connectivity index (χ1n) is 7.13. The Kier molecular flexibility index (Phi) is 4.16. The smallest absolute Gasteiger partial charge is 0.318 e. The molecule has 5 nitrogen and oxygen atoms in total. The lowest BCUT2D eigenvalue weighted by Gasteiger charge is -2.11. The van der Waals surface area contributed by atoms with Gasteiger partial charge >= 0.3 is 5.97 Å². The van der Waals surface area contributed by atoms with Crippen LogP contribution in [0.4, 0.5) is 0 Å². The zero-order chi connectivity index (χ0) is 15.4. The summed E-state index contributed by atoms with van der Waals surface area (Å²) in [5.74, 6) is -0.414. The number of fused-ring (bicyclic) bond motifs is 1. The molecule has 0 amide bonds. The fraction of sp³-hybridized carbons (Fsp3) is 0.176. The number of aromatic nitrogens is 2. The van der Waals surface area contributed by atoms with E-state index >= 15 is 0 Å². The first-order valence-corrected chi connectivity index (χ1v) is 7.13. The summed E-state index contributed by atoms with van der Waals surface area (Å²) in [7, 11) is 0. The molecule has 0 spiro atoms. The minimum absolute atomic E-state index is 0.146. The summed E-state index contributed by atoms with van der Waals surface area (Å²) in [6, 6.07) is 17.2. The number of imidazole rings is 1. The standard InChI is InChI=1S/C17H17N3O2/c18-10-13(16-19-14-8-4-5-9-15(14)20-16)17(21)22-11-12-6-2-1-3-7-12/h1-9,13H,10-11,18H2,(H,19,20)/t13-/m1/s1. The van der Waals surface area contributed by atoms with Gasteiger partial charge in [-0.1, -0.05) is 42.5 Å². The van der Waals surface area contributed by atoms with Gasteiger partial charge in [0.2, 0.25) is 0 Å². The average molecular weight is 295 g/mol. The van der Waals surface area contributed by atoms with E-state index in [4.69, 9.17) is 10.5 Å². The van der Waals surface area contributed by atoms with Crippen LogP contribution in [0.2, 0.25) is 0 Å². The van der Waals surface area contributed by atoms with Gasteiger partial charge in [-0.2, -0.15) is 0 Å². The van der Waals surface area contributed by atoms with Crippen molar-refractivity contribution in [2.45, 2.75) is 12.5 Å². The minimum Gasteiger partial charge on any atom is -0.460 e. The number of esters is 1. The number of H-pyrrole nitrogens is 1. The summed E-state index contributed by atoms with van der Waals surface area (Å²) in [4.78, 5) is 19.8. The van der Waals surface area contributed by atoms with E-state index in [1.807, 2.05) is 54.6 Å². The highest BCUT2D eigenvalue weighted by atomic mass is 16.5. The molecular weight excluding hydrogens is 278 g/mol. The first-order chi connectivity index (χ1) is 10.8. The number of nitrogens with one attached hydrogen (secondary N) is 1. The fourth-order valence-corrected chi connectivity index (χ4v) is 2.29. The van der Waals surface area contributed by atoms with Crippen LogP contribution in [0.1, 0.15) is 17.3 Å². The van der Waals surface area contributed by atoms with Crippen LogP contribution in [0, 0.1) is 0 Å². The van der Waals surface area contributed by atoms with Gasteiger partial charge in [-0.25, -0.2) is 4.98 Å². The van der Waals surface area contributed by atoms with Crippen LogP contribution in [-0.4, -0.2) is 22.5 Å². The molecule has 0 aliphatic heterocycles. The number of hydrogen-bond acceptors (Lipinski definition) is 4. The highest BCUT2D eigenvalue weighted by molar-refractivity contribution is 5.80. The number of carbonyl (C=O) groups is 1. The SMILES string of the molecule is NC[C@@H](C(=O)OCc1ccccc1)c1nc2ccccc2[nH]1. The van der Waals surface area contributed by atoms with E-state index in [2.05, 4.69) is 9.97 Å². The van der Waals surface area contributed by atoms with Gasteiger partial charge in [0.25, 0.3) is 0 Å². The molecule has 0 fully saturated rings. The zero-order valence-electron chi connectivity index (χ0n) is 12.0. The quantitative estimate of drug-likeness (QED) is 0.708. The molecule has 2 aromatic carbocycles. The molecule has 0 radical (unpaired) electrons. The number of rotatable bonds is 5. The Balaban J connectivity index is 1.74. The predicted octanol–water partition coefficient (Wildman–Crippen LogP) is 2.35. The molecule has 1 heterocycles. The number of benzene rings is 2. The first kappa shape index (κ1) is 14.3. The highest BCUT2D eigenvalue weighted by Gasteiger charge is 2.24. The fourth-order valence-electron chi connectivity index (χ4n) is 2.29. The van der Waals surface area contributed by atoms with Crippen LogP contribution in [-0.2, 0) is 16.1 Å². The van der Waals surface area contributed by atoms with Gasteiger partial charge in [-0.15, -0.1) is 0 Å². The van der Waals surface area contributed by atoms with E-state index in [0.29, 0.717) is 5.82 Å². The van der Waals surface area contributed by atoms with Crippen LogP contribution in [0.5, 0.6) is 0 Å². The van der Waals surface area contributed by atoms with E-state index in [1.54, 1.807) is 0 Å². The maximum absolute atomic E-state index is 12.3. The second kappa shape index (κ2) is 6.41. The van der Waals surface area contributed by atoms with Gasteiger partial charge in [-0.05, 0) is 17.7 Å². The summed E-state index contributed by atoms with van der Waals surface area (Å²) in [5, 5.41) is 0. The van der Waals surface area contributed by atoms with E-state index in [-0.39, 0.29) is 19.1 Å². The van der Waals surface area contributed by atoms with Crippen molar-refractivity contribution >= 4 is 17.0 Å². The van der Waals surface area contributed by atoms with Gasteiger partial charge in [0, 0.05) is 6.54 Å². The van der Waals surface area contributed by atoms with Gasteiger partial charge in [0.1, 0.15) is 18.3 Å². The van der Waals surface area contributed by atoms with Crippen LogP contribution in [0.15, 0.2) is 54.6 Å². The lowest BCUT2D eigenvalue weighted by atomic mass is 10.1. The number of aromatic amines is 1. The van der Waals surface area contributed by atoms with Crippen LogP contribution >= 0.6 is 0 Å². The van der Waals surface area contributed by atoms with Crippen molar-refractivity contribution in [2.24, 2.45) is 5.73 Å². The molecule has 0 unspecified atom stereocenters. The molecule has 3 aromatic rings. The predicted molar refractivity (Wildman–Crippen MR) is 84.1 cm³/mol. The third kappa shape index (κ3) is 2.99. The molecule has 0 aliphatic carbocycles. The third-order valence-electron chi connectivity index (χ3n) is 3.48. The lowest BCUT2D eigenvalue weighted by molar-refractivity contribution is -0.146. The summed E-state index contributed by atoms with van der Waals surface area (Å²) < 4.78 is 5.35. The normalized spacial score (nSPS) is 12.2. The molecule has 22 heavy (non-hydrogen) atoms. The van der Waals surface area contributed by atoms with Crippen molar-refractivity contribution in [3.05, 3.63) is 66.0 Å². The summed E-state index contributed by atoms with van der Waals surface area (Å²) in [6.45, 7) is 0.379. The second-order valence-corrected chi connectivity index (χ2v) is 5.02. The van der Waals surface area contributed by atoms with Crippen molar-refractivity contribution in [3.8, 4) is 0 Å². The van der Waals surface area contributed by atoms with Crippen LogP contribution in [0.3, 0.4) is 0 Å². The molecule has 1 atom stereocenters. The number of para-hydroxylation sites is 2. The largest absolute Gasteiger partial charge is 0.460 e. The van der Waals surface area contributed by atoms with Crippen molar-refractivity contribution in [3.63, 3.8) is 0 Å². The Labute approximate surface area is 128 Å². The van der Waals surface area contributed by atoms with Crippen molar-refractivity contribution in [2.75, 3.05) is 6.54 Å². The number of hydrogen-bond donors (Lipinski definition) is 2. The molecule has 0 saturated heterocycles. The van der Waals surface area contributed by atoms with E-state index in [9.17, 15) is 4.79 Å². The van der Waals surface area contributed by atoms with Crippen molar-refractivity contribution in [1.82, 2.24) is 9.97 Å². The van der Waals surface area contributed by atoms with Gasteiger partial charge < -0.3 is 15.5 Å². The summed E-state index contributed by atoms with van der Waals surface area (Å²) in [5.41, 5.74) is 8.37. The monoisotopic (exact) mass is 295 g/mol. The molecule has 3 rings (SSSR count). The molecule has 1 aromatic heterocycles. The molecule has 3 N–H and O–H groups in total. The van der Waals surface area contributed by atoms with Gasteiger partial charge in [0.05, 0.1) is 11.0 Å². The molecule has 112 valence electrons. The Morgan fingerprint density at radius 1 is 1.14 bits per heavy atom. The number of nitrogens with two attached hydrogens (primary N) is 1. The third-order valence-corrected chi connectivity index (χ3v) is 3.48. The van der Waals surface area contributed by atoms with Crippen molar-refractivity contribution < 1.29 is 9.53 Å². The molecular formula is C17H17N3O2. The molecule has 0 bridgehead atoms. The molecule has 0 aliphatic rings. The Morgan fingerprint density at radius 2 is 1.86 bits per heavy atom. The minimum atomic E-state index is -0.587. The number of carbonyl (C=O) groups excluding carboxylic acids is 1. The Morgan fingerprint density at radius 3 is 2.59 bits per heavy atom. The molecule has 5 heteroatoms. The highest BCUT2D eigenvalue weighted by Crippen LogP contribution is 2.18. The zero-order valence-corrected chi connectivity index (χ0v) is 12.0.